The molecule has 0 saturated carbocycles. The Morgan fingerprint density at radius 3 is 2.42 bits per heavy atom. The van der Waals surface area contributed by atoms with E-state index in [2.05, 4.69) is 52.5 Å². The van der Waals surface area contributed by atoms with E-state index < -0.39 is 0 Å². The summed E-state index contributed by atoms with van der Waals surface area (Å²) >= 11 is 1.69. The molecule has 0 spiro atoms. The number of rotatable bonds is 7. The van der Waals surface area contributed by atoms with Crippen LogP contribution in [0.1, 0.15) is 27.0 Å². The molecule has 3 heteroatoms. The Hall–Kier alpha value is -2.39. The molecule has 1 N–H and O–H groups in total. The smallest absolute Gasteiger partial charge is 0.251 e. The molecule has 2 nitrogen and oxygen atoms in total. The molecule has 2 aromatic carbocycles. The Morgan fingerprint density at radius 2 is 1.62 bits per heavy atom. The lowest BCUT2D eigenvalue weighted by molar-refractivity contribution is 0.0953. The zero-order valence-corrected chi connectivity index (χ0v) is 14.4. The summed E-state index contributed by atoms with van der Waals surface area (Å²) in [5.74, 6) is 0.0221. The van der Waals surface area contributed by atoms with Crippen molar-refractivity contribution in [1.29, 1.82) is 0 Å². The quantitative estimate of drug-likeness (QED) is 0.676. The molecule has 1 aromatic heterocycles. The van der Waals surface area contributed by atoms with Crippen molar-refractivity contribution >= 4 is 17.2 Å². The van der Waals surface area contributed by atoms with Crippen molar-refractivity contribution < 1.29 is 4.79 Å². The Balaban J connectivity index is 1.59. The number of benzene rings is 2. The summed E-state index contributed by atoms with van der Waals surface area (Å²) in [4.78, 5) is 12.5. The fourth-order valence-electron chi connectivity index (χ4n) is 2.73. The summed E-state index contributed by atoms with van der Waals surface area (Å²) in [7, 11) is 0. The van der Waals surface area contributed by atoms with Crippen molar-refractivity contribution in [2.24, 2.45) is 0 Å². The number of hydrogen-bond donors (Lipinski definition) is 1. The molecule has 3 aromatic rings. The molecule has 0 saturated heterocycles. The summed E-state index contributed by atoms with van der Waals surface area (Å²) in [6.45, 7) is 0.669. The van der Waals surface area contributed by atoms with Crippen LogP contribution in [-0.4, -0.2) is 12.5 Å². The second-order valence-corrected chi connectivity index (χ2v) is 6.56. The highest BCUT2D eigenvalue weighted by molar-refractivity contribution is 7.07. The first-order valence-electron chi connectivity index (χ1n) is 8.24. The van der Waals surface area contributed by atoms with Gasteiger partial charge in [0.25, 0.3) is 5.91 Å². The van der Waals surface area contributed by atoms with Crippen LogP contribution in [0.5, 0.6) is 0 Å². The summed E-state index contributed by atoms with van der Waals surface area (Å²) in [6, 6.07) is 20.4. The number of carbonyl (C=O) groups excluding carboxylic acids is 1. The molecule has 0 atom stereocenters. The van der Waals surface area contributed by atoms with Crippen molar-refractivity contribution in [2.75, 3.05) is 6.54 Å². The van der Waals surface area contributed by atoms with Crippen molar-refractivity contribution in [1.82, 2.24) is 5.32 Å². The first-order valence-corrected chi connectivity index (χ1v) is 9.18. The summed E-state index contributed by atoms with van der Waals surface area (Å²) in [5, 5.41) is 7.23. The van der Waals surface area contributed by atoms with Crippen LogP contribution in [0.15, 0.2) is 71.4 Å². The number of thiophene rings is 1. The number of hydrogen-bond acceptors (Lipinski definition) is 2. The van der Waals surface area contributed by atoms with Crippen LogP contribution in [-0.2, 0) is 19.3 Å². The van der Waals surface area contributed by atoms with Gasteiger partial charge in [-0.25, -0.2) is 0 Å². The topological polar surface area (TPSA) is 29.1 Å². The van der Waals surface area contributed by atoms with Gasteiger partial charge in [-0.1, -0.05) is 48.5 Å². The van der Waals surface area contributed by atoms with Gasteiger partial charge in [0.1, 0.15) is 0 Å². The lowest BCUT2D eigenvalue weighted by atomic mass is 9.99. The predicted molar refractivity (Wildman–Crippen MR) is 101 cm³/mol. The minimum Gasteiger partial charge on any atom is -0.352 e. The molecule has 122 valence electrons. The molecule has 0 radical (unpaired) electrons. The normalized spacial score (nSPS) is 10.5. The molecule has 24 heavy (non-hydrogen) atoms. The number of amides is 1. The third kappa shape index (κ3) is 4.56. The fraction of sp³-hybridized carbons (Fsp3) is 0.190. The lowest BCUT2D eigenvalue weighted by Gasteiger charge is -2.10. The molecule has 0 fully saturated rings. The third-order valence-corrected chi connectivity index (χ3v) is 4.80. The van der Waals surface area contributed by atoms with Crippen LogP contribution < -0.4 is 5.32 Å². The van der Waals surface area contributed by atoms with Gasteiger partial charge in [0.15, 0.2) is 0 Å². The Labute approximate surface area is 147 Å². The van der Waals surface area contributed by atoms with E-state index in [1.165, 1.54) is 11.1 Å². The molecular formula is C21H21NOS. The Kier molecular flexibility index (Phi) is 5.80. The van der Waals surface area contributed by atoms with Gasteiger partial charge in [0.2, 0.25) is 0 Å². The summed E-state index contributed by atoms with van der Waals surface area (Å²) in [5.41, 5.74) is 4.47. The second-order valence-electron chi connectivity index (χ2n) is 5.78. The highest BCUT2D eigenvalue weighted by atomic mass is 32.1. The van der Waals surface area contributed by atoms with Gasteiger partial charge >= 0.3 is 0 Å². The van der Waals surface area contributed by atoms with Gasteiger partial charge in [-0.3, -0.25) is 4.79 Å². The summed E-state index contributed by atoms with van der Waals surface area (Å²) < 4.78 is 0. The number of aryl methyl sites for hydroxylation is 2. The number of carbonyl (C=O) groups is 1. The van der Waals surface area contributed by atoms with Crippen LogP contribution in [0, 0.1) is 0 Å². The van der Waals surface area contributed by atoms with Crippen LogP contribution in [0.3, 0.4) is 0 Å². The standard InChI is InChI=1S/C21H21NOS/c23-21(22-14-12-18-13-15-24-16-18)20-9-5-4-8-19(20)11-10-17-6-2-1-3-7-17/h1-9,13,15-16H,10-12,14H2,(H,22,23). The van der Waals surface area contributed by atoms with E-state index in [0.717, 1.165) is 30.4 Å². The summed E-state index contributed by atoms with van der Waals surface area (Å²) in [6.07, 6.45) is 2.69. The van der Waals surface area contributed by atoms with E-state index in [1.807, 2.05) is 24.3 Å². The van der Waals surface area contributed by atoms with Crippen LogP contribution in [0.4, 0.5) is 0 Å². The molecule has 0 aliphatic heterocycles. The first kappa shape index (κ1) is 16.5. The van der Waals surface area contributed by atoms with Gasteiger partial charge in [0.05, 0.1) is 0 Å². The molecule has 0 bridgehead atoms. The largest absolute Gasteiger partial charge is 0.352 e. The van der Waals surface area contributed by atoms with Crippen molar-refractivity contribution in [2.45, 2.75) is 19.3 Å². The second kappa shape index (κ2) is 8.46. The van der Waals surface area contributed by atoms with Gasteiger partial charge in [-0.2, -0.15) is 11.3 Å². The molecule has 3 rings (SSSR count). The van der Waals surface area contributed by atoms with E-state index in [0.29, 0.717) is 6.54 Å². The monoisotopic (exact) mass is 335 g/mol. The van der Waals surface area contributed by atoms with E-state index in [4.69, 9.17) is 0 Å². The minimum atomic E-state index is 0.0221. The SMILES string of the molecule is O=C(NCCc1ccsc1)c1ccccc1CCc1ccccc1. The van der Waals surface area contributed by atoms with Crippen molar-refractivity contribution in [3.8, 4) is 0 Å². The molecule has 1 heterocycles. The maximum atomic E-state index is 12.5. The zero-order valence-electron chi connectivity index (χ0n) is 13.6. The average molecular weight is 335 g/mol. The maximum Gasteiger partial charge on any atom is 0.251 e. The van der Waals surface area contributed by atoms with Crippen molar-refractivity contribution in [3.05, 3.63) is 93.7 Å². The Bertz CT molecular complexity index is 766. The van der Waals surface area contributed by atoms with E-state index in [-0.39, 0.29) is 5.91 Å². The molecular weight excluding hydrogens is 314 g/mol. The van der Waals surface area contributed by atoms with Gasteiger partial charge in [-0.15, -0.1) is 0 Å². The predicted octanol–water partition coefficient (Wildman–Crippen LogP) is 4.51. The van der Waals surface area contributed by atoms with E-state index >= 15 is 0 Å². The lowest BCUT2D eigenvalue weighted by Crippen LogP contribution is -2.26. The average Bonchev–Trinajstić information content (AvgIpc) is 3.14. The minimum absolute atomic E-state index is 0.0221. The van der Waals surface area contributed by atoms with Gasteiger partial charge < -0.3 is 5.32 Å². The maximum absolute atomic E-state index is 12.5. The highest BCUT2D eigenvalue weighted by Crippen LogP contribution is 2.13. The molecule has 0 aliphatic rings. The Morgan fingerprint density at radius 1 is 0.833 bits per heavy atom. The van der Waals surface area contributed by atoms with Crippen LogP contribution in [0.2, 0.25) is 0 Å². The third-order valence-electron chi connectivity index (χ3n) is 4.07. The fourth-order valence-corrected chi connectivity index (χ4v) is 3.44. The molecule has 0 aliphatic carbocycles. The van der Waals surface area contributed by atoms with Crippen LogP contribution in [0.25, 0.3) is 0 Å². The first-order chi connectivity index (χ1) is 11.8. The van der Waals surface area contributed by atoms with Crippen LogP contribution >= 0.6 is 11.3 Å². The highest BCUT2D eigenvalue weighted by Gasteiger charge is 2.10. The van der Waals surface area contributed by atoms with E-state index in [9.17, 15) is 4.79 Å². The van der Waals surface area contributed by atoms with E-state index in [1.54, 1.807) is 11.3 Å². The zero-order chi connectivity index (χ0) is 16.6. The molecule has 1 amide bonds. The van der Waals surface area contributed by atoms with Crippen molar-refractivity contribution in [3.63, 3.8) is 0 Å². The number of nitrogens with one attached hydrogen (secondary N) is 1. The molecule has 0 unspecified atom stereocenters. The van der Waals surface area contributed by atoms with Gasteiger partial charge in [-0.05, 0) is 58.8 Å². The van der Waals surface area contributed by atoms with Gasteiger partial charge in [0, 0.05) is 12.1 Å².